The largest absolute Gasteiger partial charge is 0.310 e. The zero-order valence-corrected chi connectivity index (χ0v) is 13.2. The highest BCUT2D eigenvalue weighted by Crippen LogP contribution is 2.16. The van der Waals surface area contributed by atoms with Crippen LogP contribution in [0.1, 0.15) is 5.56 Å². The molecule has 2 N–H and O–H groups in total. The molecule has 3 aromatic rings. The third-order valence-electron chi connectivity index (χ3n) is 3.20. The maximum absolute atomic E-state index is 12.0. The van der Waals surface area contributed by atoms with Crippen molar-refractivity contribution in [1.82, 2.24) is 15.0 Å². The van der Waals surface area contributed by atoms with E-state index >= 15 is 0 Å². The second-order valence-corrected chi connectivity index (χ2v) is 5.86. The maximum Gasteiger partial charge on any atom is 0.259 e. The highest BCUT2D eigenvalue weighted by atomic mass is 32.2. The van der Waals surface area contributed by atoms with Gasteiger partial charge in [0.2, 0.25) is 5.91 Å². The molecule has 6 nitrogen and oxygen atoms in total. The van der Waals surface area contributed by atoms with Gasteiger partial charge in [0.15, 0.2) is 5.16 Å². The van der Waals surface area contributed by atoms with Crippen molar-refractivity contribution in [3.63, 3.8) is 0 Å². The van der Waals surface area contributed by atoms with E-state index in [-0.39, 0.29) is 17.2 Å². The summed E-state index contributed by atoms with van der Waals surface area (Å²) in [6, 6.07) is 10.8. The molecule has 0 aliphatic carbocycles. The Bertz CT molecular complexity index is 923. The molecule has 0 radical (unpaired) electrons. The lowest BCUT2D eigenvalue weighted by molar-refractivity contribution is -0.113. The van der Waals surface area contributed by atoms with Crippen molar-refractivity contribution in [2.45, 2.75) is 12.1 Å². The number of carbonyl (C=O) groups is 1. The minimum atomic E-state index is -0.209. The van der Waals surface area contributed by atoms with Crippen LogP contribution in [0.2, 0.25) is 0 Å². The fourth-order valence-corrected chi connectivity index (χ4v) is 2.72. The number of anilines is 1. The van der Waals surface area contributed by atoms with Gasteiger partial charge in [-0.05, 0) is 30.7 Å². The number of thioether (sulfide) groups is 1. The molecular weight excluding hydrogens is 312 g/mol. The highest BCUT2D eigenvalue weighted by molar-refractivity contribution is 7.99. The molecule has 2 aromatic heterocycles. The predicted octanol–water partition coefficient (Wildman–Crippen LogP) is 2.36. The number of hydrogen-bond donors (Lipinski definition) is 2. The number of nitrogens with one attached hydrogen (secondary N) is 2. The topological polar surface area (TPSA) is 87.7 Å². The average molecular weight is 326 g/mol. The molecule has 3 rings (SSSR count). The SMILES string of the molecule is Cc1cccnc1NC(=O)CSc1nc2ccccc2c(=O)[nH]1. The number of fused-ring (bicyclic) bond motifs is 1. The van der Waals surface area contributed by atoms with E-state index in [4.69, 9.17) is 0 Å². The number of benzene rings is 1. The lowest BCUT2D eigenvalue weighted by Gasteiger charge is -2.06. The number of H-pyrrole nitrogens is 1. The summed E-state index contributed by atoms with van der Waals surface area (Å²) in [5.74, 6) is 0.475. The first kappa shape index (κ1) is 15.2. The molecule has 1 aromatic carbocycles. The van der Waals surface area contributed by atoms with Crippen LogP contribution in [0, 0.1) is 6.92 Å². The number of carbonyl (C=O) groups excluding carboxylic acids is 1. The first-order valence-electron chi connectivity index (χ1n) is 6.97. The fraction of sp³-hybridized carbons (Fsp3) is 0.125. The van der Waals surface area contributed by atoms with Crippen molar-refractivity contribution in [3.8, 4) is 0 Å². The number of aryl methyl sites for hydroxylation is 1. The van der Waals surface area contributed by atoms with E-state index in [2.05, 4.69) is 20.3 Å². The van der Waals surface area contributed by atoms with Gasteiger partial charge in [0.25, 0.3) is 5.56 Å². The summed E-state index contributed by atoms with van der Waals surface area (Å²) in [4.78, 5) is 35.1. The van der Waals surface area contributed by atoms with Crippen LogP contribution >= 0.6 is 11.8 Å². The Morgan fingerprint density at radius 3 is 2.91 bits per heavy atom. The van der Waals surface area contributed by atoms with Crippen LogP contribution in [-0.2, 0) is 4.79 Å². The second-order valence-electron chi connectivity index (χ2n) is 4.89. The Kier molecular flexibility index (Phi) is 4.38. The molecule has 0 spiro atoms. The number of aromatic amines is 1. The van der Waals surface area contributed by atoms with Gasteiger partial charge in [0, 0.05) is 6.20 Å². The molecule has 0 atom stereocenters. The van der Waals surface area contributed by atoms with E-state index in [9.17, 15) is 9.59 Å². The smallest absolute Gasteiger partial charge is 0.259 e. The van der Waals surface area contributed by atoms with Gasteiger partial charge in [-0.15, -0.1) is 0 Å². The Labute approximate surface area is 136 Å². The Hall–Kier alpha value is -2.67. The fourth-order valence-electron chi connectivity index (χ4n) is 2.05. The van der Waals surface area contributed by atoms with Crippen LogP contribution in [0.4, 0.5) is 5.82 Å². The Balaban J connectivity index is 1.70. The summed E-state index contributed by atoms with van der Waals surface area (Å²) >= 11 is 1.18. The number of rotatable bonds is 4. The molecule has 0 bridgehead atoms. The van der Waals surface area contributed by atoms with Gasteiger partial charge in [-0.2, -0.15) is 0 Å². The highest BCUT2D eigenvalue weighted by Gasteiger charge is 2.09. The molecule has 7 heteroatoms. The van der Waals surface area contributed by atoms with Crippen molar-refractivity contribution in [2.24, 2.45) is 0 Å². The van der Waals surface area contributed by atoms with Crippen molar-refractivity contribution >= 4 is 34.4 Å². The minimum Gasteiger partial charge on any atom is -0.310 e. The number of hydrogen-bond acceptors (Lipinski definition) is 5. The molecule has 0 aliphatic rings. The molecule has 0 saturated carbocycles. The molecule has 2 heterocycles. The summed E-state index contributed by atoms with van der Waals surface area (Å²) in [5, 5.41) is 3.69. The third kappa shape index (κ3) is 3.57. The van der Waals surface area contributed by atoms with E-state index < -0.39 is 0 Å². The van der Waals surface area contributed by atoms with Gasteiger partial charge in [0.05, 0.1) is 16.7 Å². The van der Waals surface area contributed by atoms with E-state index in [1.165, 1.54) is 11.8 Å². The third-order valence-corrected chi connectivity index (χ3v) is 4.07. The number of pyridine rings is 1. The first-order valence-corrected chi connectivity index (χ1v) is 7.95. The molecule has 23 heavy (non-hydrogen) atoms. The van der Waals surface area contributed by atoms with Crippen LogP contribution in [0.25, 0.3) is 10.9 Å². The van der Waals surface area contributed by atoms with Crippen LogP contribution < -0.4 is 10.9 Å². The lowest BCUT2D eigenvalue weighted by atomic mass is 10.2. The van der Waals surface area contributed by atoms with Crippen LogP contribution in [0.3, 0.4) is 0 Å². The molecule has 0 saturated heterocycles. The predicted molar refractivity (Wildman–Crippen MR) is 90.7 cm³/mol. The van der Waals surface area contributed by atoms with Crippen molar-refractivity contribution in [2.75, 3.05) is 11.1 Å². The molecule has 116 valence electrons. The summed E-state index contributed by atoms with van der Waals surface area (Å²) < 4.78 is 0. The maximum atomic E-state index is 12.0. The lowest BCUT2D eigenvalue weighted by Crippen LogP contribution is -2.17. The van der Waals surface area contributed by atoms with Gasteiger partial charge in [-0.1, -0.05) is 30.0 Å². The quantitative estimate of drug-likeness (QED) is 0.567. The van der Waals surface area contributed by atoms with Gasteiger partial charge in [0.1, 0.15) is 5.82 Å². The van der Waals surface area contributed by atoms with Crippen LogP contribution in [-0.4, -0.2) is 26.6 Å². The van der Waals surface area contributed by atoms with Gasteiger partial charge in [-0.3, -0.25) is 9.59 Å². The molecule has 1 amide bonds. The average Bonchev–Trinajstić information content (AvgIpc) is 2.55. The number of nitrogens with zero attached hydrogens (tertiary/aromatic N) is 2. The Morgan fingerprint density at radius 1 is 1.26 bits per heavy atom. The summed E-state index contributed by atoms with van der Waals surface area (Å²) in [6.07, 6.45) is 1.62. The van der Waals surface area contributed by atoms with Crippen molar-refractivity contribution < 1.29 is 4.79 Å². The summed E-state index contributed by atoms with van der Waals surface area (Å²) in [5.41, 5.74) is 1.29. The number of aromatic nitrogens is 3. The molecular formula is C16H14N4O2S. The summed E-state index contributed by atoms with van der Waals surface area (Å²) in [6.45, 7) is 1.87. The van der Waals surface area contributed by atoms with Crippen LogP contribution in [0.5, 0.6) is 0 Å². The number of amides is 1. The van der Waals surface area contributed by atoms with Crippen LogP contribution in [0.15, 0.2) is 52.5 Å². The van der Waals surface area contributed by atoms with Crippen molar-refractivity contribution in [1.29, 1.82) is 0 Å². The molecule has 0 unspecified atom stereocenters. The zero-order valence-electron chi connectivity index (χ0n) is 12.4. The van der Waals surface area contributed by atoms with E-state index in [1.807, 2.05) is 25.1 Å². The molecule has 0 aliphatic heterocycles. The van der Waals surface area contributed by atoms with Gasteiger partial charge >= 0.3 is 0 Å². The van der Waals surface area contributed by atoms with E-state index in [0.29, 0.717) is 21.9 Å². The van der Waals surface area contributed by atoms with E-state index in [1.54, 1.807) is 24.4 Å². The monoisotopic (exact) mass is 326 g/mol. The minimum absolute atomic E-state index is 0.136. The normalized spacial score (nSPS) is 10.7. The Morgan fingerprint density at radius 2 is 2.09 bits per heavy atom. The zero-order chi connectivity index (χ0) is 16.2. The number of para-hydroxylation sites is 1. The second kappa shape index (κ2) is 6.62. The van der Waals surface area contributed by atoms with Gasteiger partial charge < -0.3 is 10.3 Å². The standard InChI is InChI=1S/C16H14N4O2S/c1-10-5-4-8-17-14(10)19-13(21)9-23-16-18-12-7-3-2-6-11(12)15(22)20-16/h2-8H,9H2,1H3,(H,17,19,21)(H,18,20,22). The summed E-state index contributed by atoms with van der Waals surface area (Å²) in [7, 11) is 0. The van der Waals surface area contributed by atoms with Crippen molar-refractivity contribution in [3.05, 3.63) is 58.5 Å². The molecule has 0 fully saturated rings. The van der Waals surface area contributed by atoms with Gasteiger partial charge in [-0.25, -0.2) is 9.97 Å². The first-order chi connectivity index (χ1) is 11.1. The van der Waals surface area contributed by atoms with E-state index in [0.717, 1.165) is 5.56 Å².